The summed E-state index contributed by atoms with van der Waals surface area (Å²) in [5, 5.41) is 16.6. The van der Waals surface area contributed by atoms with Crippen LogP contribution >= 0.6 is 0 Å². The third-order valence-corrected chi connectivity index (χ3v) is 4.06. The molecular weight excluding hydrogens is 258 g/mol. The molecule has 1 aromatic rings. The number of anilines is 1. The molecule has 2 rings (SSSR count). The fourth-order valence-corrected chi connectivity index (χ4v) is 2.34. The van der Waals surface area contributed by atoms with Gasteiger partial charge in [0.15, 0.2) is 0 Å². The molecule has 0 bridgehead atoms. The number of nitro groups is 1. The number of hydrogen-bond donors (Lipinski definition) is 2. The minimum atomic E-state index is -0.489. The molecule has 1 aliphatic rings. The second kappa shape index (κ2) is 5.48. The van der Waals surface area contributed by atoms with E-state index >= 15 is 0 Å². The minimum absolute atomic E-state index is 0.0863. The molecule has 1 saturated carbocycles. The molecule has 0 unspecified atom stereocenters. The molecule has 20 heavy (non-hydrogen) atoms. The van der Waals surface area contributed by atoms with Crippen LogP contribution in [0, 0.1) is 15.5 Å². The summed E-state index contributed by atoms with van der Waals surface area (Å²) in [4.78, 5) is 22.7. The molecule has 6 heteroatoms. The summed E-state index contributed by atoms with van der Waals surface area (Å²) in [6.45, 7) is 2.75. The largest absolute Gasteiger partial charge is 0.382 e. The van der Waals surface area contributed by atoms with Gasteiger partial charge in [0.1, 0.15) is 5.69 Å². The van der Waals surface area contributed by atoms with Crippen molar-refractivity contribution in [3.8, 4) is 0 Å². The Hall–Kier alpha value is -2.11. The lowest BCUT2D eigenvalue weighted by Gasteiger charge is -2.15. The van der Waals surface area contributed by atoms with E-state index in [9.17, 15) is 14.9 Å². The van der Waals surface area contributed by atoms with Gasteiger partial charge >= 0.3 is 0 Å². The van der Waals surface area contributed by atoms with Gasteiger partial charge in [0.2, 0.25) is 0 Å². The van der Waals surface area contributed by atoms with Gasteiger partial charge in [0, 0.05) is 19.7 Å². The van der Waals surface area contributed by atoms with Crippen LogP contribution < -0.4 is 10.6 Å². The van der Waals surface area contributed by atoms with Crippen molar-refractivity contribution >= 4 is 17.3 Å². The maximum atomic E-state index is 12.2. The zero-order chi connectivity index (χ0) is 14.8. The molecule has 1 fully saturated rings. The van der Waals surface area contributed by atoms with E-state index in [1.165, 1.54) is 12.1 Å². The fourth-order valence-electron chi connectivity index (χ4n) is 2.34. The van der Waals surface area contributed by atoms with Crippen LogP contribution in [0.5, 0.6) is 0 Å². The van der Waals surface area contributed by atoms with Crippen LogP contribution in [-0.2, 0) is 0 Å². The Balaban J connectivity index is 2.17. The normalized spacial score (nSPS) is 15.5. The van der Waals surface area contributed by atoms with Gasteiger partial charge in [-0.25, -0.2) is 0 Å². The molecule has 1 amide bonds. The number of nitrogens with one attached hydrogen (secondary N) is 2. The summed E-state index contributed by atoms with van der Waals surface area (Å²) >= 11 is 0. The first-order chi connectivity index (χ1) is 9.53. The number of nitro benzene ring substituents is 1. The van der Waals surface area contributed by atoms with Crippen molar-refractivity contribution in [2.45, 2.75) is 26.2 Å². The van der Waals surface area contributed by atoms with Gasteiger partial charge in [-0.05, 0) is 30.7 Å². The molecule has 0 aliphatic heterocycles. The highest BCUT2D eigenvalue weighted by Crippen LogP contribution is 2.47. The van der Waals surface area contributed by atoms with Crippen LogP contribution in [0.4, 0.5) is 11.4 Å². The molecule has 1 aromatic carbocycles. The molecular formula is C14H19N3O3. The number of para-hydroxylation sites is 1. The lowest BCUT2D eigenvalue weighted by molar-refractivity contribution is -0.384. The standard InChI is InChI=1S/C14H19N3O3/c1-3-14(7-8-14)9-16-13(18)10-5-4-6-11(17(19)20)12(10)15-2/h4-6,15H,3,7-9H2,1-2H3,(H,16,18). The average molecular weight is 277 g/mol. The van der Waals surface area contributed by atoms with E-state index in [2.05, 4.69) is 17.6 Å². The maximum Gasteiger partial charge on any atom is 0.293 e. The lowest BCUT2D eigenvalue weighted by Crippen LogP contribution is -2.30. The SMILES string of the molecule is CCC1(CNC(=O)c2cccc([N+](=O)[O-])c2NC)CC1. The quantitative estimate of drug-likeness (QED) is 0.618. The van der Waals surface area contributed by atoms with Crippen LogP contribution in [0.15, 0.2) is 18.2 Å². The molecule has 1 aliphatic carbocycles. The molecule has 0 heterocycles. The van der Waals surface area contributed by atoms with Crippen molar-refractivity contribution in [2.24, 2.45) is 5.41 Å². The Morgan fingerprint density at radius 1 is 1.45 bits per heavy atom. The summed E-state index contributed by atoms with van der Waals surface area (Å²) in [6.07, 6.45) is 3.32. The van der Waals surface area contributed by atoms with Crippen molar-refractivity contribution in [3.63, 3.8) is 0 Å². The molecule has 0 radical (unpaired) electrons. The fraction of sp³-hybridized carbons (Fsp3) is 0.500. The summed E-state index contributed by atoms with van der Waals surface area (Å²) in [7, 11) is 1.58. The molecule has 0 aromatic heterocycles. The van der Waals surface area contributed by atoms with E-state index in [-0.39, 0.29) is 22.7 Å². The number of benzene rings is 1. The van der Waals surface area contributed by atoms with E-state index in [1.807, 2.05) is 0 Å². The van der Waals surface area contributed by atoms with E-state index in [0.717, 1.165) is 19.3 Å². The number of amides is 1. The second-order valence-electron chi connectivity index (χ2n) is 5.24. The van der Waals surface area contributed by atoms with Crippen LogP contribution in [0.3, 0.4) is 0 Å². The number of rotatable bonds is 6. The third-order valence-electron chi connectivity index (χ3n) is 4.06. The van der Waals surface area contributed by atoms with E-state index < -0.39 is 4.92 Å². The van der Waals surface area contributed by atoms with Gasteiger partial charge in [0.05, 0.1) is 10.5 Å². The van der Waals surface area contributed by atoms with Gasteiger partial charge in [-0.2, -0.15) is 0 Å². The first kappa shape index (κ1) is 14.3. The Morgan fingerprint density at radius 2 is 2.15 bits per heavy atom. The first-order valence-corrected chi connectivity index (χ1v) is 6.76. The first-order valence-electron chi connectivity index (χ1n) is 6.76. The Kier molecular flexibility index (Phi) is 3.92. The van der Waals surface area contributed by atoms with Crippen LogP contribution in [0.1, 0.15) is 36.5 Å². The Labute approximate surface area is 117 Å². The maximum absolute atomic E-state index is 12.2. The van der Waals surface area contributed by atoms with Crippen LogP contribution in [0.25, 0.3) is 0 Å². The molecule has 0 atom stereocenters. The third kappa shape index (κ3) is 2.74. The van der Waals surface area contributed by atoms with E-state index in [0.29, 0.717) is 12.1 Å². The van der Waals surface area contributed by atoms with Gasteiger partial charge in [-0.3, -0.25) is 14.9 Å². The number of carbonyl (C=O) groups excluding carboxylic acids is 1. The zero-order valence-electron chi connectivity index (χ0n) is 11.7. The van der Waals surface area contributed by atoms with Crippen molar-refractivity contribution in [1.29, 1.82) is 0 Å². The number of hydrogen-bond acceptors (Lipinski definition) is 4. The van der Waals surface area contributed by atoms with E-state index in [4.69, 9.17) is 0 Å². The number of carbonyl (C=O) groups is 1. The van der Waals surface area contributed by atoms with Crippen molar-refractivity contribution in [3.05, 3.63) is 33.9 Å². The molecule has 108 valence electrons. The zero-order valence-corrected chi connectivity index (χ0v) is 11.7. The minimum Gasteiger partial charge on any atom is -0.382 e. The predicted molar refractivity (Wildman–Crippen MR) is 76.9 cm³/mol. The monoisotopic (exact) mass is 277 g/mol. The summed E-state index contributed by atoms with van der Waals surface area (Å²) in [6, 6.07) is 4.51. The highest BCUT2D eigenvalue weighted by Gasteiger charge is 2.40. The van der Waals surface area contributed by atoms with Crippen molar-refractivity contribution in [1.82, 2.24) is 5.32 Å². The van der Waals surface area contributed by atoms with Crippen molar-refractivity contribution in [2.75, 3.05) is 18.9 Å². The van der Waals surface area contributed by atoms with Gasteiger partial charge in [0.25, 0.3) is 11.6 Å². The van der Waals surface area contributed by atoms with Crippen LogP contribution in [0.2, 0.25) is 0 Å². The van der Waals surface area contributed by atoms with Crippen molar-refractivity contribution < 1.29 is 9.72 Å². The second-order valence-corrected chi connectivity index (χ2v) is 5.24. The topological polar surface area (TPSA) is 84.3 Å². The highest BCUT2D eigenvalue weighted by atomic mass is 16.6. The molecule has 0 saturated heterocycles. The Bertz CT molecular complexity index is 538. The molecule has 2 N–H and O–H groups in total. The summed E-state index contributed by atoms with van der Waals surface area (Å²) in [5.41, 5.74) is 0.734. The summed E-state index contributed by atoms with van der Waals surface area (Å²) in [5.74, 6) is -0.266. The smallest absolute Gasteiger partial charge is 0.293 e. The van der Waals surface area contributed by atoms with E-state index in [1.54, 1.807) is 13.1 Å². The predicted octanol–water partition coefficient (Wildman–Crippen LogP) is 2.56. The average Bonchev–Trinajstić information content (AvgIpc) is 3.24. The van der Waals surface area contributed by atoms with Crippen LogP contribution in [-0.4, -0.2) is 24.4 Å². The molecule has 6 nitrogen and oxygen atoms in total. The molecule has 0 spiro atoms. The number of nitrogens with zero attached hydrogens (tertiary/aromatic N) is 1. The van der Waals surface area contributed by atoms with Gasteiger partial charge in [-0.15, -0.1) is 0 Å². The highest BCUT2D eigenvalue weighted by molar-refractivity contribution is 6.01. The summed E-state index contributed by atoms with van der Waals surface area (Å²) < 4.78 is 0. The Morgan fingerprint density at radius 3 is 2.65 bits per heavy atom. The van der Waals surface area contributed by atoms with Gasteiger partial charge < -0.3 is 10.6 Å². The lowest BCUT2D eigenvalue weighted by atomic mass is 10.0. The van der Waals surface area contributed by atoms with Gasteiger partial charge in [-0.1, -0.05) is 13.0 Å².